The molecule has 1 aliphatic heterocycles. The molecule has 0 aromatic rings. The van der Waals surface area contributed by atoms with Gasteiger partial charge in [-0.15, -0.1) is 12.4 Å². The maximum atomic E-state index is 11.4. The summed E-state index contributed by atoms with van der Waals surface area (Å²) in [7, 11) is 1.97. The lowest BCUT2D eigenvalue weighted by Gasteiger charge is -2.31. The summed E-state index contributed by atoms with van der Waals surface area (Å²) in [5.74, 6) is 0.714. The number of likely N-dealkylation sites (tertiary alicyclic amines) is 1. The molecule has 0 atom stereocenters. The molecule has 0 unspecified atom stereocenters. The van der Waals surface area contributed by atoms with Crippen molar-refractivity contribution in [2.75, 3.05) is 33.3 Å². The zero-order valence-electron chi connectivity index (χ0n) is 9.49. The number of hydrogen-bond donors (Lipinski definition) is 1. The predicted octanol–water partition coefficient (Wildman–Crippen LogP) is 1.50. The molecule has 1 saturated heterocycles. The van der Waals surface area contributed by atoms with E-state index in [1.54, 1.807) is 4.90 Å². The van der Waals surface area contributed by atoms with Crippen molar-refractivity contribution in [1.82, 2.24) is 10.2 Å². The van der Waals surface area contributed by atoms with E-state index < -0.39 is 0 Å². The highest BCUT2D eigenvalue weighted by Gasteiger charge is 2.22. The number of rotatable bonds is 3. The predicted molar refractivity (Wildman–Crippen MR) is 62.5 cm³/mol. The van der Waals surface area contributed by atoms with E-state index in [1.165, 1.54) is 0 Å². The molecule has 0 radical (unpaired) electrons. The van der Waals surface area contributed by atoms with Gasteiger partial charge in [-0.25, -0.2) is 4.79 Å². The monoisotopic (exact) mass is 236 g/mol. The molecule has 1 rings (SSSR count). The van der Waals surface area contributed by atoms with Crippen molar-refractivity contribution >= 4 is 18.5 Å². The fraction of sp³-hybridized carbons (Fsp3) is 0.900. The van der Waals surface area contributed by atoms with E-state index in [0.717, 1.165) is 32.5 Å². The minimum absolute atomic E-state index is 0. The third-order valence-electron chi connectivity index (χ3n) is 2.63. The average Bonchev–Trinajstić information content (AvgIpc) is 2.20. The van der Waals surface area contributed by atoms with E-state index in [0.29, 0.717) is 12.5 Å². The van der Waals surface area contributed by atoms with Gasteiger partial charge in [0, 0.05) is 13.1 Å². The highest BCUT2D eigenvalue weighted by Crippen LogP contribution is 2.16. The van der Waals surface area contributed by atoms with Crippen molar-refractivity contribution in [2.45, 2.75) is 19.8 Å². The van der Waals surface area contributed by atoms with Crippen LogP contribution < -0.4 is 5.32 Å². The van der Waals surface area contributed by atoms with Crippen LogP contribution in [0.2, 0.25) is 0 Å². The molecule has 0 spiro atoms. The Kier molecular flexibility index (Phi) is 7.52. The van der Waals surface area contributed by atoms with Gasteiger partial charge in [0.1, 0.15) is 0 Å². The number of carbonyl (C=O) groups is 1. The fourth-order valence-electron chi connectivity index (χ4n) is 1.82. The molecule has 0 aromatic heterocycles. The number of nitrogens with zero attached hydrogens (tertiary/aromatic N) is 1. The molecule has 4 nitrogen and oxygen atoms in total. The first kappa shape index (κ1) is 14.5. The fourth-order valence-corrected chi connectivity index (χ4v) is 1.82. The summed E-state index contributed by atoms with van der Waals surface area (Å²) in [5, 5.41) is 3.17. The molecule has 0 bridgehead atoms. The topological polar surface area (TPSA) is 41.6 Å². The summed E-state index contributed by atoms with van der Waals surface area (Å²) >= 11 is 0. The SMILES string of the molecule is CCOC(=O)N1CCC(CNC)CC1.Cl. The molecule has 15 heavy (non-hydrogen) atoms. The van der Waals surface area contributed by atoms with E-state index in [9.17, 15) is 4.79 Å². The van der Waals surface area contributed by atoms with Gasteiger partial charge in [0.2, 0.25) is 0 Å². The minimum Gasteiger partial charge on any atom is -0.450 e. The van der Waals surface area contributed by atoms with Gasteiger partial charge in [0.15, 0.2) is 0 Å². The van der Waals surface area contributed by atoms with Crippen LogP contribution in [0.25, 0.3) is 0 Å². The Balaban J connectivity index is 0.00000196. The molecule has 5 heteroatoms. The Hall–Kier alpha value is -0.480. The van der Waals surface area contributed by atoms with E-state index in [1.807, 2.05) is 14.0 Å². The number of halogens is 1. The second kappa shape index (κ2) is 7.77. The van der Waals surface area contributed by atoms with Crippen molar-refractivity contribution in [1.29, 1.82) is 0 Å². The molecule has 1 amide bonds. The average molecular weight is 237 g/mol. The van der Waals surface area contributed by atoms with E-state index in [4.69, 9.17) is 4.74 Å². The lowest BCUT2D eigenvalue weighted by Crippen LogP contribution is -2.40. The second-order valence-electron chi connectivity index (χ2n) is 3.69. The van der Waals surface area contributed by atoms with Crippen molar-refractivity contribution in [3.8, 4) is 0 Å². The number of amides is 1. The molecule has 1 heterocycles. The van der Waals surface area contributed by atoms with Crippen LogP contribution in [-0.4, -0.2) is 44.3 Å². The summed E-state index contributed by atoms with van der Waals surface area (Å²) in [5.41, 5.74) is 0. The largest absolute Gasteiger partial charge is 0.450 e. The van der Waals surface area contributed by atoms with Crippen molar-refractivity contribution in [3.63, 3.8) is 0 Å². The van der Waals surface area contributed by atoms with Gasteiger partial charge >= 0.3 is 6.09 Å². The molecular formula is C10H21ClN2O2. The van der Waals surface area contributed by atoms with Crippen LogP contribution in [0.3, 0.4) is 0 Å². The Morgan fingerprint density at radius 1 is 1.47 bits per heavy atom. The standard InChI is InChI=1S/C10H20N2O2.ClH/c1-3-14-10(13)12-6-4-9(5-7-12)8-11-2;/h9,11H,3-8H2,1-2H3;1H. The minimum atomic E-state index is -0.157. The Labute approximate surface area is 97.8 Å². The maximum Gasteiger partial charge on any atom is 0.409 e. The molecule has 1 N–H and O–H groups in total. The highest BCUT2D eigenvalue weighted by molar-refractivity contribution is 5.85. The zero-order chi connectivity index (χ0) is 10.4. The summed E-state index contributed by atoms with van der Waals surface area (Å²) in [6.45, 7) is 5.04. The van der Waals surface area contributed by atoms with Gasteiger partial charge < -0.3 is 15.0 Å². The van der Waals surface area contributed by atoms with Gasteiger partial charge in [0.25, 0.3) is 0 Å². The molecule has 0 saturated carbocycles. The summed E-state index contributed by atoms with van der Waals surface area (Å²) in [6.07, 6.45) is 2.01. The van der Waals surface area contributed by atoms with Crippen LogP contribution in [0.1, 0.15) is 19.8 Å². The number of nitrogens with one attached hydrogen (secondary N) is 1. The Bertz CT molecular complexity index is 182. The van der Waals surface area contributed by atoms with Crippen molar-refractivity contribution in [2.24, 2.45) is 5.92 Å². The van der Waals surface area contributed by atoms with Crippen LogP contribution in [0.4, 0.5) is 4.79 Å². The van der Waals surface area contributed by atoms with Gasteiger partial charge in [0.05, 0.1) is 6.61 Å². The first-order valence-corrected chi connectivity index (χ1v) is 5.34. The molecule has 90 valence electrons. The van der Waals surface area contributed by atoms with Crippen molar-refractivity contribution in [3.05, 3.63) is 0 Å². The quantitative estimate of drug-likeness (QED) is 0.808. The van der Waals surface area contributed by atoms with Gasteiger partial charge in [-0.05, 0) is 39.3 Å². The number of hydrogen-bond acceptors (Lipinski definition) is 3. The van der Waals surface area contributed by atoms with Gasteiger partial charge in [-0.1, -0.05) is 0 Å². The van der Waals surface area contributed by atoms with Gasteiger partial charge in [-0.2, -0.15) is 0 Å². The summed E-state index contributed by atoms with van der Waals surface area (Å²) in [6, 6.07) is 0. The van der Waals surface area contributed by atoms with Crippen LogP contribution >= 0.6 is 12.4 Å². The molecule has 1 fully saturated rings. The first-order valence-electron chi connectivity index (χ1n) is 5.34. The highest BCUT2D eigenvalue weighted by atomic mass is 35.5. The van der Waals surface area contributed by atoms with Crippen molar-refractivity contribution < 1.29 is 9.53 Å². The number of ether oxygens (including phenoxy) is 1. The third-order valence-corrected chi connectivity index (χ3v) is 2.63. The molecule has 0 aliphatic carbocycles. The van der Waals surface area contributed by atoms with Crippen LogP contribution in [0, 0.1) is 5.92 Å². The zero-order valence-corrected chi connectivity index (χ0v) is 10.3. The number of carbonyl (C=O) groups excluding carboxylic acids is 1. The Morgan fingerprint density at radius 3 is 2.53 bits per heavy atom. The normalized spacial score (nSPS) is 17.1. The lowest BCUT2D eigenvalue weighted by atomic mass is 9.97. The summed E-state index contributed by atoms with van der Waals surface area (Å²) in [4.78, 5) is 13.2. The lowest BCUT2D eigenvalue weighted by molar-refractivity contribution is 0.0919. The van der Waals surface area contributed by atoms with E-state index >= 15 is 0 Å². The van der Waals surface area contributed by atoms with Crippen LogP contribution in [0.15, 0.2) is 0 Å². The smallest absolute Gasteiger partial charge is 0.409 e. The molecule has 1 aliphatic rings. The van der Waals surface area contributed by atoms with Crippen LogP contribution in [0.5, 0.6) is 0 Å². The first-order chi connectivity index (χ1) is 6.77. The van der Waals surface area contributed by atoms with E-state index in [2.05, 4.69) is 5.32 Å². The van der Waals surface area contributed by atoms with Crippen LogP contribution in [-0.2, 0) is 4.74 Å². The Morgan fingerprint density at radius 2 is 2.07 bits per heavy atom. The summed E-state index contributed by atoms with van der Waals surface area (Å²) < 4.78 is 4.95. The molecular weight excluding hydrogens is 216 g/mol. The van der Waals surface area contributed by atoms with Gasteiger partial charge in [-0.3, -0.25) is 0 Å². The van der Waals surface area contributed by atoms with E-state index in [-0.39, 0.29) is 18.5 Å². The maximum absolute atomic E-state index is 11.4. The third kappa shape index (κ3) is 4.71. The second-order valence-corrected chi connectivity index (χ2v) is 3.69. The molecule has 0 aromatic carbocycles. The number of piperidine rings is 1.